The van der Waals surface area contributed by atoms with Crippen molar-refractivity contribution >= 4 is 11.9 Å². The van der Waals surface area contributed by atoms with Gasteiger partial charge < -0.3 is 14.7 Å². The third-order valence-corrected chi connectivity index (χ3v) is 7.88. The molecular weight excluding hydrogens is 527 g/mol. The van der Waals surface area contributed by atoms with E-state index in [0.29, 0.717) is 30.5 Å². The molecule has 3 amide bonds. The second-order valence-electron chi connectivity index (χ2n) is 11.1. The van der Waals surface area contributed by atoms with Gasteiger partial charge in [0.25, 0.3) is 0 Å². The van der Waals surface area contributed by atoms with Crippen LogP contribution in [0.25, 0.3) is 0 Å². The summed E-state index contributed by atoms with van der Waals surface area (Å²) in [4.78, 5) is 32.8. The highest BCUT2D eigenvalue weighted by Crippen LogP contribution is 2.37. The molecule has 8 heteroatoms. The zero-order valence-corrected chi connectivity index (χ0v) is 24.4. The van der Waals surface area contributed by atoms with E-state index in [1.807, 2.05) is 38.1 Å². The summed E-state index contributed by atoms with van der Waals surface area (Å²) in [5.41, 5.74) is 1.18. The minimum Gasteiger partial charge on any atom is -0.338 e. The fourth-order valence-electron chi connectivity index (χ4n) is 5.69. The lowest BCUT2D eigenvalue weighted by molar-refractivity contribution is -0.144. The smallest absolute Gasteiger partial charge is 0.338 e. The number of urea groups is 1. The molecule has 0 N–H and O–H groups in total. The number of rotatable bonds is 9. The number of carbonyl (C=O) groups excluding carboxylic acids is 2. The molecule has 1 aliphatic rings. The van der Waals surface area contributed by atoms with Gasteiger partial charge in [0.2, 0.25) is 5.91 Å². The Labute approximate surface area is 241 Å². The maximum Gasteiger partial charge on any atom is 0.416 e. The first-order valence-corrected chi connectivity index (χ1v) is 13.7. The van der Waals surface area contributed by atoms with Crippen molar-refractivity contribution in [2.75, 3.05) is 26.7 Å². The minimum absolute atomic E-state index is 0.0280. The number of nitrogens with zero attached hydrogens (tertiary/aromatic N) is 3. The molecule has 0 bridgehead atoms. The Morgan fingerprint density at radius 2 is 1.68 bits per heavy atom. The van der Waals surface area contributed by atoms with Gasteiger partial charge in [-0.05, 0) is 55.5 Å². The van der Waals surface area contributed by atoms with Gasteiger partial charge in [-0.25, -0.2) is 4.79 Å². The fourth-order valence-corrected chi connectivity index (χ4v) is 5.69. The Morgan fingerprint density at radius 1 is 1.05 bits per heavy atom. The predicted octanol–water partition coefficient (Wildman–Crippen LogP) is 7.65. The summed E-state index contributed by atoms with van der Waals surface area (Å²) < 4.78 is 40.7. The lowest BCUT2D eigenvalue weighted by Gasteiger charge is -2.46. The number of aryl methyl sites for hydroxylation is 2. The van der Waals surface area contributed by atoms with Gasteiger partial charge in [-0.3, -0.25) is 4.79 Å². The number of allylic oxidation sites excluding steroid dienone is 2. The van der Waals surface area contributed by atoms with Crippen molar-refractivity contribution in [1.82, 2.24) is 14.7 Å². The van der Waals surface area contributed by atoms with Crippen LogP contribution in [-0.2, 0) is 11.0 Å². The molecule has 1 saturated heterocycles. The highest BCUT2D eigenvalue weighted by Gasteiger charge is 2.41. The average molecular weight is 568 g/mol. The standard InChI is InChI=1S/C33H40F3N3O2/c1-8-15-32(6,16-9-2)30(40)38-17-18-39(29(22-38)27-14-12-11-13-24(27)5)31(41)37(7)28(10-3)25-19-23(4)20-26(21-25)33(34,35)36/h8-14,19-21,28-29H,1-3,15-18,22H2,4-7H3/t28-,29-/m1/s1. The van der Waals surface area contributed by atoms with Gasteiger partial charge in [0.1, 0.15) is 0 Å². The monoisotopic (exact) mass is 567 g/mol. The van der Waals surface area contributed by atoms with Crippen molar-refractivity contribution in [3.63, 3.8) is 0 Å². The van der Waals surface area contributed by atoms with E-state index in [2.05, 4.69) is 19.7 Å². The van der Waals surface area contributed by atoms with Crippen molar-refractivity contribution in [3.8, 4) is 0 Å². The van der Waals surface area contributed by atoms with E-state index >= 15 is 0 Å². The topological polar surface area (TPSA) is 43.9 Å². The first-order valence-electron chi connectivity index (χ1n) is 13.7. The zero-order chi connectivity index (χ0) is 30.5. The Morgan fingerprint density at radius 3 is 2.24 bits per heavy atom. The molecule has 1 heterocycles. The number of piperazine rings is 1. The van der Waals surface area contributed by atoms with Crippen LogP contribution in [0.2, 0.25) is 0 Å². The molecule has 0 spiro atoms. The summed E-state index contributed by atoms with van der Waals surface area (Å²) in [5, 5.41) is 0. The predicted molar refractivity (Wildman–Crippen MR) is 157 cm³/mol. The zero-order valence-electron chi connectivity index (χ0n) is 24.4. The number of likely N-dealkylation sites (N-methyl/N-ethyl adjacent to an activating group) is 1. The number of hydrogen-bond acceptors (Lipinski definition) is 2. The second-order valence-corrected chi connectivity index (χ2v) is 11.1. The van der Waals surface area contributed by atoms with Gasteiger partial charge in [-0.1, -0.05) is 61.0 Å². The van der Waals surface area contributed by atoms with Crippen LogP contribution in [0.3, 0.4) is 0 Å². The fraction of sp³-hybridized carbons (Fsp3) is 0.394. The van der Waals surface area contributed by atoms with Crippen molar-refractivity contribution in [1.29, 1.82) is 0 Å². The van der Waals surface area contributed by atoms with Crippen LogP contribution in [0.5, 0.6) is 0 Å². The lowest BCUT2D eigenvalue weighted by Crippen LogP contribution is -2.57. The molecular formula is C33H40F3N3O2. The molecule has 0 unspecified atom stereocenters. The van der Waals surface area contributed by atoms with E-state index in [1.54, 1.807) is 42.0 Å². The average Bonchev–Trinajstić information content (AvgIpc) is 2.92. The van der Waals surface area contributed by atoms with Crippen LogP contribution in [0, 0.1) is 19.3 Å². The Hall–Kier alpha value is -3.81. The molecule has 41 heavy (non-hydrogen) atoms. The van der Waals surface area contributed by atoms with Crippen LogP contribution in [0.1, 0.15) is 59.7 Å². The third kappa shape index (κ3) is 6.92. The summed E-state index contributed by atoms with van der Waals surface area (Å²) in [6, 6.07) is 9.91. The quantitative estimate of drug-likeness (QED) is 0.292. The lowest BCUT2D eigenvalue weighted by atomic mass is 9.81. The van der Waals surface area contributed by atoms with Crippen LogP contribution < -0.4 is 0 Å². The normalized spacial score (nSPS) is 16.6. The van der Waals surface area contributed by atoms with E-state index in [-0.39, 0.29) is 25.0 Å². The maximum absolute atomic E-state index is 14.1. The molecule has 3 rings (SSSR count). The molecule has 0 aromatic heterocycles. The SMILES string of the molecule is C=CCC(C)(CC=C)C(=O)N1CCN(C(=O)N(C)[C@H](C=C)c2cc(C)cc(C(F)(F)F)c2)[C@@H](c2ccccc2C)C1. The summed E-state index contributed by atoms with van der Waals surface area (Å²) in [6.07, 6.45) is 1.42. The Bertz CT molecular complexity index is 1290. The molecule has 1 fully saturated rings. The van der Waals surface area contributed by atoms with Crippen molar-refractivity contribution < 1.29 is 22.8 Å². The van der Waals surface area contributed by atoms with Gasteiger partial charge in [0.15, 0.2) is 0 Å². The second kappa shape index (κ2) is 12.8. The highest BCUT2D eigenvalue weighted by atomic mass is 19.4. The minimum atomic E-state index is -4.51. The summed E-state index contributed by atoms with van der Waals surface area (Å²) in [6.45, 7) is 17.8. The Kier molecular flexibility index (Phi) is 9.89. The van der Waals surface area contributed by atoms with Crippen LogP contribution in [0.15, 0.2) is 80.4 Å². The van der Waals surface area contributed by atoms with Crippen LogP contribution in [-0.4, -0.2) is 53.3 Å². The van der Waals surface area contributed by atoms with E-state index in [4.69, 9.17) is 0 Å². The van der Waals surface area contributed by atoms with E-state index in [0.717, 1.165) is 23.3 Å². The number of hydrogen-bond donors (Lipinski definition) is 0. The third-order valence-electron chi connectivity index (χ3n) is 7.88. The first-order chi connectivity index (χ1) is 19.3. The molecule has 5 nitrogen and oxygen atoms in total. The molecule has 220 valence electrons. The number of carbonyl (C=O) groups is 2. The van der Waals surface area contributed by atoms with Gasteiger partial charge in [0, 0.05) is 26.7 Å². The summed E-state index contributed by atoms with van der Waals surface area (Å²) >= 11 is 0. The molecule has 0 radical (unpaired) electrons. The van der Waals surface area contributed by atoms with Crippen LogP contribution >= 0.6 is 0 Å². The molecule has 1 aliphatic heterocycles. The maximum atomic E-state index is 14.1. The van der Waals surface area contributed by atoms with Gasteiger partial charge in [-0.15, -0.1) is 19.7 Å². The van der Waals surface area contributed by atoms with Gasteiger partial charge in [0.05, 0.1) is 23.1 Å². The number of halogens is 3. The molecule has 2 aromatic carbocycles. The van der Waals surface area contributed by atoms with Crippen molar-refractivity contribution in [2.45, 2.75) is 51.9 Å². The Balaban J connectivity index is 1.98. The molecule has 2 atom stereocenters. The van der Waals surface area contributed by atoms with E-state index in [9.17, 15) is 22.8 Å². The van der Waals surface area contributed by atoms with Crippen molar-refractivity contribution in [3.05, 3.63) is 108 Å². The first kappa shape index (κ1) is 31.7. The molecule has 0 saturated carbocycles. The molecule has 0 aliphatic carbocycles. The number of alkyl halides is 3. The molecule has 2 aromatic rings. The van der Waals surface area contributed by atoms with Gasteiger partial charge >= 0.3 is 12.2 Å². The highest BCUT2D eigenvalue weighted by molar-refractivity contribution is 5.83. The summed E-state index contributed by atoms with van der Waals surface area (Å²) in [7, 11) is 1.57. The number of amides is 3. The van der Waals surface area contributed by atoms with Crippen LogP contribution in [0.4, 0.5) is 18.0 Å². The van der Waals surface area contributed by atoms with Crippen molar-refractivity contribution in [2.24, 2.45) is 5.41 Å². The van der Waals surface area contributed by atoms with Gasteiger partial charge in [-0.2, -0.15) is 13.2 Å². The largest absolute Gasteiger partial charge is 0.416 e. The van der Waals surface area contributed by atoms with E-state index in [1.165, 1.54) is 11.0 Å². The summed E-state index contributed by atoms with van der Waals surface area (Å²) in [5.74, 6) is -0.0280. The van der Waals surface area contributed by atoms with E-state index < -0.39 is 29.2 Å². The number of benzene rings is 2.